The monoisotopic (exact) mass is 398 g/mol. The standard InChI is InChI=1S/C20H35N2O4P/c1-2-3-4-5-6-7-8-9-10-17-11-13-18(14-12-17)22-20(23)19(21)15-16-27(24,25)26/h11-14,19H,2-10,15-16,21H2,1H3,(H,22,23)(H2,24,25,26)/t19-/m1/s1. The Morgan fingerprint density at radius 1 is 1.04 bits per heavy atom. The molecule has 0 bridgehead atoms. The molecule has 1 aromatic carbocycles. The molecule has 6 nitrogen and oxygen atoms in total. The predicted octanol–water partition coefficient (Wildman–Crippen LogP) is 4.20. The van der Waals surface area contributed by atoms with Crippen molar-refractivity contribution in [2.24, 2.45) is 5.73 Å². The van der Waals surface area contributed by atoms with Gasteiger partial charge < -0.3 is 20.8 Å². The van der Waals surface area contributed by atoms with Crippen LogP contribution in [0.3, 0.4) is 0 Å². The normalized spacial score (nSPS) is 12.7. The number of unbranched alkanes of at least 4 members (excludes halogenated alkanes) is 7. The maximum absolute atomic E-state index is 12.0. The Bertz CT molecular complexity index is 586. The number of benzene rings is 1. The minimum atomic E-state index is -4.13. The first-order valence-corrected chi connectivity index (χ1v) is 11.8. The van der Waals surface area contributed by atoms with Crippen molar-refractivity contribution in [3.63, 3.8) is 0 Å². The van der Waals surface area contributed by atoms with Gasteiger partial charge in [0.1, 0.15) is 0 Å². The van der Waals surface area contributed by atoms with Crippen LogP contribution in [0.1, 0.15) is 70.3 Å². The van der Waals surface area contributed by atoms with E-state index in [0.717, 1.165) is 6.42 Å². The van der Waals surface area contributed by atoms with Crippen molar-refractivity contribution in [1.29, 1.82) is 0 Å². The number of nitrogens with two attached hydrogens (primary N) is 1. The molecular weight excluding hydrogens is 363 g/mol. The molecule has 0 aliphatic heterocycles. The molecule has 1 amide bonds. The van der Waals surface area contributed by atoms with Crippen LogP contribution in [-0.2, 0) is 15.8 Å². The summed E-state index contributed by atoms with van der Waals surface area (Å²) in [6, 6.07) is 6.74. The highest BCUT2D eigenvalue weighted by atomic mass is 31.2. The summed E-state index contributed by atoms with van der Waals surface area (Å²) in [6.45, 7) is 2.23. The van der Waals surface area contributed by atoms with Crippen LogP contribution >= 0.6 is 7.60 Å². The molecule has 0 saturated carbocycles. The Labute approximate surface area is 163 Å². The zero-order valence-corrected chi connectivity index (χ0v) is 17.3. The molecule has 1 aromatic rings. The minimum absolute atomic E-state index is 0.0490. The fourth-order valence-electron chi connectivity index (χ4n) is 2.89. The number of amides is 1. The smallest absolute Gasteiger partial charge is 0.325 e. The van der Waals surface area contributed by atoms with Crippen molar-refractivity contribution in [2.75, 3.05) is 11.5 Å². The Kier molecular flexibility index (Phi) is 11.5. The number of hydrogen-bond acceptors (Lipinski definition) is 3. The quantitative estimate of drug-likeness (QED) is 0.277. The second-order valence-corrected chi connectivity index (χ2v) is 8.97. The molecule has 0 radical (unpaired) electrons. The van der Waals surface area contributed by atoms with E-state index in [1.165, 1.54) is 56.9 Å². The van der Waals surface area contributed by atoms with Gasteiger partial charge in [-0.2, -0.15) is 0 Å². The summed E-state index contributed by atoms with van der Waals surface area (Å²) >= 11 is 0. The van der Waals surface area contributed by atoms with Gasteiger partial charge in [0.15, 0.2) is 0 Å². The van der Waals surface area contributed by atoms with Gasteiger partial charge in [0.05, 0.1) is 12.2 Å². The number of carbonyl (C=O) groups excluding carboxylic acids is 1. The minimum Gasteiger partial charge on any atom is -0.325 e. The lowest BCUT2D eigenvalue weighted by molar-refractivity contribution is -0.117. The number of anilines is 1. The van der Waals surface area contributed by atoms with E-state index in [9.17, 15) is 9.36 Å². The summed E-state index contributed by atoms with van der Waals surface area (Å²) in [5.74, 6) is -0.431. The Balaban J connectivity index is 2.25. The first-order chi connectivity index (χ1) is 12.8. The lowest BCUT2D eigenvalue weighted by atomic mass is 10.0. The summed E-state index contributed by atoms with van der Waals surface area (Å²) in [4.78, 5) is 29.7. The molecule has 154 valence electrons. The van der Waals surface area contributed by atoms with E-state index in [1.54, 1.807) is 0 Å². The first-order valence-electron chi connectivity index (χ1n) is 10.0. The number of aryl methyl sites for hydroxylation is 1. The fourth-order valence-corrected chi connectivity index (χ4v) is 3.51. The van der Waals surface area contributed by atoms with Crippen molar-refractivity contribution < 1.29 is 19.1 Å². The molecule has 5 N–H and O–H groups in total. The number of rotatable bonds is 14. The largest absolute Gasteiger partial charge is 0.325 e. The van der Waals surface area contributed by atoms with Crippen molar-refractivity contribution in [3.05, 3.63) is 29.8 Å². The second kappa shape index (κ2) is 13.1. The van der Waals surface area contributed by atoms with Crippen LogP contribution in [0.25, 0.3) is 0 Å². The maximum atomic E-state index is 12.0. The molecule has 1 atom stereocenters. The van der Waals surface area contributed by atoms with E-state index in [-0.39, 0.29) is 12.6 Å². The molecule has 7 heteroatoms. The second-order valence-electron chi connectivity index (χ2n) is 7.19. The van der Waals surface area contributed by atoms with E-state index < -0.39 is 19.5 Å². The Morgan fingerprint density at radius 2 is 1.59 bits per heavy atom. The molecule has 0 aliphatic rings. The van der Waals surface area contributed by atoms with Crippen LogP contribution in [0.15, 0.2) is 24.3 Å². The van der Waals surface area contributed by atoms with Gasteiger partial charge in [-0.3, -0.25) is 9.36 Å². The van der Waals surface area contributed by atoms with Crippen LogP contribution in [-0.4, -0.2) is 27.9 Å². The van der Waals surface area contributed by atoms with E-state index >= 15 is 0 Å². The lowest BCUT2D eigenvalue weighted by Crippen LogP contribution is -2.36. The van der Waals surface area contributed by atoms with Gasteiger partial charge in [0.25, 0.3) is 0 Å². The zero-order valence-electron chi connectivity index (χ0n) is 16.4. The van der Waals surface area contributed by atoms with Gasteiger partial charge >= 0.3 is 7.60 Å². The average molecular weight is 398 g/mol. The van der Waals surface area contributed by atoms with Crippen molar-refractivity contribution in [1.82, 2.24) is 0 Å². The molecule has 0 saturated heterocycles. The molecule has 0 unspecified atom stereocenters. The lowest BCUT2D eigenvalue weighted by Gasteiger charge is -2.13. The Hall–Kier alpha value is -1.20. The van der Waals surface area contributed by atoms with E-state index in [0.29, 0.717) is 5.69 Å². The van der Waals surface area contributed by atoms with Crippen LogP contribution in [0.2, 0.25) is 0 Å². The molecule has 0 aromatic heterocycles. The third-order valence-electron chi connectivity index (χ3n) is 4.61. The average Bonchev–Trinajstić information content (AvgIpc) is 2.62. The van der Waals surface area contributed by atoms with Gasteiger partial charge in [-0.1, -0.05) is 64.0 Å². The van der Waals surface area contributed by atoms with E-state index in [4.69, 9.17) is 15.5 Å². The number of hydrogen-bond donors (Lipinski definition) is 4. The molecule has 27 heavy (non-hydrogen) atoms. The number of nitrogens with one attached hydrogen (secondary N) is 1. The highest BCUT2D eigenvalue weighted by Crippen LogP contribution is 2.35. The molecule has 0 aliphatic carbocycles. The first kappa shape index (κ1) is 23.8. The van der Waals surface area contributed by atoms with Crippen LogP contribution in [0.5, 0.6) is 0 Å². The van der Waals surface area contributed by atoms with Crippen LogP contribution in [0, 0.1) is 0 Å². The Morgan fingerprint density at radius 3 is 2.15 bits per heavy atom. The number of carbonyl (C=O) groups is 1. The van der Waals surface area contributed by atoms with Gasteiger partial charge in [-0.15, -0.1) is 0 Å². The summed E-state index contributed by atoms with van der Waals surface area (Å²) in [7, 11) is -4.13. The fraction of sp³-hybridized carbons (Fsp3) is 0.650. The summed E-state index contributed by atoms with van der Waals surface area (Å²) in [5, 5.41) is 2.69. The SMILES string of the molecule is CCCCCCCCCCc1ccc(NC(=O)[C@H](N)CCP(=O)(O)O)cc1. The maximum Gasteiger partial charge on any atom is 0.325 e. The molecule has 0 spiro atoms. The summed E-state index contributed by atoms with van der Waals surface area (Å²) in [5.41, 5.74) is 7.56. The van der Waals surface area contributed by atoms with Crippen molar-refractivity contribution in [3.8, 4) is 0 Å². The van der Waals surface area contributed by atoms with Gasteiger partial charge in [0, 0.05) is 5.69 Å². The predicted molar refractivity (Wildman–Crippen MR) is 111 cm³/mol. The van der Waals surface area contributed by atoms with E-state index in [1.807, 2.05) is 24.3 Å². The van der Waals surface area contributed by atoms with Crippen molar-refractivity contribution >= 4 is 19.2 Å². The zero-order chi connectivity index (χ0) is 20.1. The summed E-state index contributed by atoms with van der Waals surface area (Å²) in [6.07, 6.45) is 11.0. The van der Waals surface area contributed by atoms with Gasteiger partial charge in [0.2, 0.25) is 5.91 Å². The van der Waals surface area contributed by atoms with E-state index in [2.05, 4.69) is 12.2 Å². The molecule has 0 heterocycles. The summed E-state index contributed by atoms with van der Waals surface area (Å²) < 4.78 is 10.8. The highest BCUT2D eigenvalue weighted by molar-refractivity contribution is 7.51. The van der Waals surface area contributed by atoms with Crippen LogP contribution < -0.4 is 11.1 Å². The van der Waals surface area contributed by atoms with Crippen LogP contribution in [0.4, 0.5) is 5.69 Å². The third-order valence-corrected chi connectivity index (χ3v) is 5.45. The highest BCUT2D eigenvalue weighted by Gasteiger charge is 2.19. The third kappa shape index (κ3) is 12.0. The molecular formula is C20H35N2O4P. The molecule has 0 fully saturated rings. The van der Waals surface area contributed by atoms with Crippen molar-refractivity contribution in [2.45, 2.75) is 77.2 Å². The topological polar surface area (TPSA) is 113 Å². The molecule has 1 rings (SSSR count). The van der Waals surface area contributed by atoms with Gasteiger partial charge in [-0.25, -0.2) is 0 Å². The van der Waals surface area contributed by atoms with Gasteiger partial charge in [-0.05, 0) is 37.0 Å².